The number of amides is 3. The molecule has 0 bridgehead atoms. The molecule has 0 atom stereocenters. The van der Waals surface area contributed by atoms with Crippen LogP contribution in [0.5, 0.6) is 0 Å². The number of rotatable bonds is 3. The molecule has 17 heavy (non-hydrogen) atoms. The Labute approximate surface area is 98.8 Å². The highest BCUT2D eigenvalue weighted by Gasteiger charge is 2.25. The van der Waals surface area contributed by atoms with Gasteiger partial charge in [-0.1, -0.05) is 0 Å². The number of morpholine rings is 1. The Hall–Kier alpha value is -1.69. The van der Waals surface area contributed by atoms with Gasteiger partial charge in [0.05, 0.1) is 13.2 Å². The van der Waals surface area contributed by atoms with E-state index in [1.165, 1.54) is 12.2 Å². The van der Waals surface area contributed by atoms with Crippen LogP contribution < -0.4 is 0 Å². The van der Waals surface area contributed by atoms with Gasteiger partial charge in [0, 0.05) is 38.2 Å². The van der Waals surface area contributed by atoms with Gasteiger partial charge >= 0.3 is 0 Å². The minimum absolute atomic E-state index is 0.0409. The number of ether oxygens (including phenoxy) is 1. The van der Waals surface area contributed by atoms with Gasteiger partial charge in [0.25, 0.3) is 11.8 Å². The van der Waals surface area contributed by atoms with Crippen LogP contribution in [-0.2, 0) is 19.1 Å². The van der Waals surface area contributed by atoms with Crippen LogP contribution in [0.15, 0.2) is 12.2 Å². The summed E-state index contributed by atoms with van der Waals surface area (Å²) in [6, 6.07) is 0. The summed E-state index contributed by atoms with van der Waals surface area (Å²) in [4.78, 5) is 37.0. The highest BCUT2D eigenvalue weighted by Crippen LogP contribution is 2.06. The molecule has 2 aliphatic heterocycles. The van der Waals surface area contributed by atoms with Crippen molar-refractivity contribution in [3.05, 3.63) is 12.2 Å². The van der Waals surface area contributed by atoms with Crippen LogP contribution in [0.3, 0.4) is 0 Å². The Morgan fingerprint density at radius 1 is 1.18 bits per heavy atom. The molecule has 0 aliphatic carbocycles. The molecule has 6 heteroatoms. The SMILES string of the molecule is O=C(CCN1C(=O)C=CC1=O)N1CCOCC1. The monoisotopic (exact) mass is 238 g/mol. The van der Waals surface area contributed by atoms with E-state index in [0.29, 0.717) is 26.3 Å². The van der Waals surface area contributed by atoms with E-state index < -0.39 is 0 Å². The Balaban J connectivity index is 1.79. The first-order valence-corrected chi connectivity index (χ1v) is 5.57. The van der Waals surface area contributed by atoms with Gasteiger partial charge in [-0.25, -0.2) is 0 Å². The van der Waals surface area contributed by atoms with E-state index >= 15 is 0 Å². The number of nitrogens with zero attached hydrogens (tertiary/aromatic N) is 2. The summed E-state index contributed by atoms with van der Waals surface area (Å²) in [5.41, 5.74) is 0. The second-order valence-electron chi connectivity index (χ2n) is 3.90. The van der Waals surface area contributed by atoms with Crippen LogP contribution in [-0.4, -0.2) is 60.4 Å². The summed E-state index contributed by atoms with van der Waals surface area (Å²) in [5.74, 6) is -0.727. The quantitative estimate of drug-likeness (QED) is 0.601. The average Bonchev–Trinajstić information content (AvgIpc) is 2.67. The van der Waals surface area contributed by atoms with Gasteiger partial charge in [-0.15, -0.1) is 0 Å². The molecule has 2 rings (SSSR count). The maximum Gasteiger partial charge on any atom is 0.253 e. The van der Waals surface area contributed by atoms with Crippen molar-refractivity contribution in [2.24, 2.45) is 0 Å². The molecule has 0 saturated carbocycles. The van der Waals surface area contributed by atoms with Crippen LogP contribution in [0.25, 0.3) is 0 Å². The predicted molar refractivity (Wildman–Crippen MR) is 57.9 cm³/mol. The van der Waals surface area contributed by atoms with Crippen molar-refractivity contribution in [3.8, 4) is 0 Å². The molecular formula is C11H14N2O4. The fourth-order valence-corrected chi connectivity index (χ4v) is 1.83. The normalized spacial score (nSPS) is 20.2. The van der Waals surface area contributed by atoms with Crippen molar-refractivity contribution in [2.75, 3.05) is 32.8 Å². The van der Waals surface area contributed by atoms with Gasteiger partial charge < -0.3 is 9.64 Å². The molecule has 0 unspecified atom stereocenters. The van der Waals surface area contributed by atoms with Crippen LogP contribution >= 0.6 is 0 Å². The zero-order valence-electron chi connectivity index (χ0n) is 9.42. The lowest BCUT2D eigenvalue weighted by Gasteiger charge is -2.27. The van der Waals surface area contributed by atoms with Gasteiger partial charge in [0.1, 0.15) is 0 Å². The molecule has 1 fully saturated rings. The maximum atomic E-state index is 11.8. The first-order chi connectivity index (χ1) is 8.18. The molecule has 1 saturated heterocycles. The molecule has 0 spiro atoms. The summed E-state index contributed by atoms with van der Waals surface area (Å²) in [6.45, 7) is 2.42. The van der Waals surface area contributed by atoms with E-state index in [1.54, 1.807) is 4.90 Å². The van der Waals surface area contributed by atoms with Crippen molar-refractivity contribution >= 4 is 17.7 Å². The summed E-state index contributed by atoms with van der Waals surface area (Å²) in [7, 11) is 0. The lowest BCUT2D eigenvalue weighted by Crippen LogP contribution is -2.42. The highest BCUT2D eigenvalue weighted by atomic mass is 16.5. The van der Waals surface area contributed by atoms with Crippen LogP contribution in [0.4, 0.5) is 0 Å². The molecule has 0 aromatic heterocycles. The number of hydrogen-bond donors (Lipinski definition) is 0. The fraction of sp³-hybridized carbons (Fsp3) is 0.545. The zero-order chi connectivity index (χ0) is 12.3. The molecule has 2 heterocycles. The second-order valence-corrected chi connectivity index (χ2v) is 3.90. The van der Waals surface area contributed by atoms with Crippen LogP contribution in [0.1, 0.15) is 6.42 Å². The topological polar surface area (TPSA) is 66.9 Å². The van der Waals surface area contributed by atoms with Gasteiger partial charge in [-0.2, -0.15) is 0 Å². The largest absolute Gasteiger partial charge is 0.378 e. The van der Waals surface area contributed by atoms with E-state index in [4.69, 9.17) is 4.74 Å². The summed E-state index contributed by atoms with van der Waals surface area (Å²) >= 11 is 0. The maximum absolute atomic E-state index is 11.8. The minimum Gasteiger partial charge on any atom is -0.378 e. The van der Waals surface area contributed by atoms with Crippen LogP contribution in [0, 0.1) is 0 Å². The molecule has 2 aliphatic rings. The van der Waals surface area contributed by atoms with E-state index in [-0.39, 0.29) is 30.7 Å². The van der Waals surface area contributed by atoms with Gasteiger partial charge in [-0.05, 0) is 0 Å². The van der Waals surface area contributed by atoms with Crippen molar-refractivity contribution in [1.29, 1.82) is 0 Å². The molecule has 92 valence electrons. The summed E-state index contributed by atoms with van der Waals surface area (Å²) < 4.78 is 5.14. The van der Waals surface area contributed by atoms with Gasteiger partial charge in [-0.3, -0.25) is 19.3 Å². The standard InChI is InChI=1S/C11H14N2O4/c14-9(12-5-7-17-8-6-12)3-4-13-10(15)1-2-11(13)16/h1-2H,3-8H2. The fourth-order valence-electron chi connectivity index (χ4n) is 1.83. The summed E-state index contributed by atoms with van der Waals surface area (Å²) in [6.07, 6.45) is 2.63. The van der Waals surface area contributed by atoms with E-state index in [9.17, 15) is 14.4 Å². The smallest absolute Gasteiger partial charge is 0.253 e. The number of carbonyl (C=O) groups excluding carboxylic acids is 3. The lowest BCUT2D eigenvalue weighted by molar-refractivity contribution is -0.139. The number of hydrogen-bond acceptors (Lipinski definition) is 4. The molecule has 0 aromatic rings. The Morgan fingerprint density at radius 3 is 2.35 bits per heavy atom. The molecule has 0 N–H and O–H groups in total. The van der Waals surface area contributed by atoms with E-state index in [1.807, 2.05) is 0 Å². The van der Waals surface area contributed by atoms with Crippen molar-refractivity contribution < 1.29 is 19.1 Å². The molecular weight excluding hydrogens is 224 g/mol. The molecule has 3 amide bonds. The number of imide groups is 1. The van der Waals surface area contributed by atoms with E-state index in [0.717, 1.165) is 4.90 Å². The Bertz CT molecular complexity index is 354. The lowest BCUT2D eigenvalue weighted by atomic mass is 10.3. The minimum atomic E-state index is -0.343. The third-order valence-electron chi connectivity index (χ3n) is 2.81. The molecule has 6 nitrogen and oxygen atoms in total. The third kappa shape index (κ3) is 2.71. The summed E-state index contributed by atoms with van der Waals surface area (Å²) in [5, 5.41) is 0. The number of carbonyl (C=O) groups is 3. The van der Waals surface area contributed by atoms with Crippen molar-refractivity contribution in [1.82, 2.24) is 9.80 Å². The Kier molecular flexibility index (Phi) is 3.53. The first-order valence-electron chi connectivity index (χ1n) is 5.57. The van der Waals surface area contributed by atoms with Crippen molar-refractivity contribution in [3.63, 3.8) is 0 Å². The van der Waals surface area contributed by atoms with Crippen LogP contribution in [0.2, 0.25) is 0 Å². The van der Waals surface area contributed by atoms with Gasteiger partial charge in [0.15, 0.2) is 0 Å². The van der Waals surface area contributed by atoms with Crippen molar-refractivity contribution in [2.45, 2.75) is 6.42 Å². The predicted octanol–water partition coefficient (Wildman–Crippen LogP) is -0.840. The molecule has 0 radical (unpaired) electrons. The molecule has 0 aromatic carbocycles. The Morgan fingerprint density at radius 2 is 1.76 bits per heavy atom. The van der Waals surface area contributed by atoms with E-state index in [2.05, 4.69) is 0 Å². The zero-order valence-corrected chi connectivity index (χ0v) is 9.42. The average molecular weight is 238 g/mol. The highest BCUT2D eigenvalue weighted by molar-refractivity contribution is 6.13. The van der Waals surface area contributed by atoms with Gasteiger partial charge in [0.2, 0.25) is 5.91 Å². The second kappa shape index (κ2) is 5.09. The third-order valence-corrected chi connectivity index (χ3v) is 2.81. The first kappa shape index (κ1) is 11.8.